The Labute approximate surface area is 79.0 Å². The summed E-state index contributed by atoms with van der Waals surface area (Å²) in [6, 6.07) is 10.4. The molecule has 0 atom stereocenters. The number of hydrogen-bond acceptors (Lipinski definition) is 1. The maximum absolute atomic E-state index is 4.05. The molecular formula is C12H13N. The van der Waals surface area contributed by atoms with Gasteiger partial charge in [-0.25, -0.2) is 0 Å². The topological polar surface area (TPSA) is 3.24 Å². The van der Waals surface area contributed by atoms with E-state index in [2.05, 4.69) is 47.9 Å². The van der Waals surface area contributed by atoms with Crippen molar-refractivity contribution >= 4 is 5.69 Å². The molecule has 1 aliphatic heterocycles. The van der Waals surface area contributed by atoms with E-state index in [4.69, 9.17) is 0 Å². The van der Waals surface area contributed by atoms with Crippen molar-refractivity contribution in [2.24, 2.45) is 0 Å². The van der Waals surface area contributed by atoms with Gasteiger partial charge in [0.15, 0.2) is 0 Å². The first kappa shape index (κ1) is 8.11. The van der Waals surface area contributed by atoms with Crippen molar-refractivity contribution in [1.29, 1.82) is 0 Å². The first-order chi connectivity index (χ1) is 6.38. The smallest absolute Gasteiger partial charge is 0.0411 e. The summed E-state index contributed by atoms with van der Waals surface area (Å²) in [5.41, 5.74) is 2.41. The molecule has 0 aliphatic carbocycles. The third kappa shape index (κ3) is 1.64. The van der Waals surface area contributed by atoms with Crippen LogP contribution in [-0.4, -0.2) is 6.54 Å². The van der Waals surface area contributed by atoms with Crippen LogP contribution in [0.2, 0.25) is 0 Å². The number of benzene rings is 1. The summed E-state index contributed by atoms with van der Waals surface area (Å²) in [5.74, 6) is 0. The Morgan fingerprint density at radius 1 is 1.08 bits per heavy atom. The molecule has 1 heteroatoms. The molecule has 0 unspecified atom stereocenters. The fourth-order valence-corrected chi connectivity index (χ4v) is 1.53. The minimum absolute atomic E-state index is 0.947. The van der Waals surface area contributed by atoms with Crippen molar-refractivity contribution < 1.29 is 0 Å². The Hall–Kier alpha value is -1.50. The standard InChI is InChI=1S/C12H13N/c1-11-7-5-6-10-13(11)12-8-3-2-4-9-12/h2-6,8-9H,1,7,10H2. The SMILES string of the molecule is C=C1CC=CCN1c1ccccc1. The lowest BCUT2D eigenvalue weighted by Crippen LogP contribution is -2.23. The minimum Gasteiger partial charge on any atom is -0.342 e. The van der Waals surface area contributed by atoms with E-state index in [1.807, 2.05) is 6.07 Å². The zero-order chi connectivity index (χ0) is 9.10. The van der Waals surface area contributed by atoms with Gasteiger partial charge in [0, 0.05) is 24.4 Å². The van der Waals surface area contributed by atoms with E-state index >= 15 is 0 Å². The van der Waals surface area contributed by atoms with Crippen LogP contribution < -0.4 is 4.90 Å². The van der Waals surface area contributed by atoms with Crippen LogP contribution in [0.5, 0.6) is 0 Å². The summed E-state index contributed by atoms with van der Waals surface area (Å²) in [6.07, 6.45) is 5.32. The summed E-state index contributed by atoms with van der Waals surface area (Å²) in [6.45, 7) is 4.99. The predicted molar refractivity (Wildman–Crippen MR) is 56.7 cm³/mol. The summed E-state index contributed by atoms with van der Waals surface area (Å²) in [5, 5.41) is 0. The molecule has 1 aromatic rings. The summed E-state index contributed by atoms with van der Waals surface area (Å²) in [4.78, 5) is 2.24. The van der Waals surface area contributed by atoms with Crippen molar-refractivity contribution in [3.63, 3.8) is 0 Å². The van der Waals surface area contributed by atoms with E-state index in [0.29, 0.717) is 0 Å². The van der Waals surface area contributed by atoms with Gasteiger partial charge in [-0.15, -0.1) is 0 Å². The molecule has 0 radical (unpaired) electrons. The normalized spacial score (nSPS) is 16.3. The zero-order valence-corrected chi connectivity index (χ0v) is 7.61. The largest absolute Gasteiger partial charge is 0.342 e. The van der Waals surface area contributed by atoms with Crippen LogP contribution in [0.4, 0.5) is 5.69 Å². The molecule has 0 fully saturated rings. The Morgan fingerprint density at radius 2 is 1.85 bits per heavy atom. The van der Waals surface area contributed by atoms with Crippen LogP contribution in [0.3, 0.4) is 0 Å². The van der Waals surface area contributed by atoms with Crippen molar-refractivity contribution in [2.45, 2.75) is 6.42 Å². The van der Waals surface area contributed by atoms with Crippen LogP contribution in [-0.2, 0) is 0 Å². The third-order valence-corrected chi connectivity index (χ3v) is 2.26. The second-order valence-corrected chi connectivity index (χ2v) is 3.19. The fraction of sp³-hybridized carbons (Fsp3) is 0.167. The molecule has 1 aliphatic rings. The van der Waals surface area contributed by atoms with E-state index in [-0.39, 0.29) is 0 Å². The molecule has 0 N–H and O–H groups in total. The average Bonchev–Trinajstić information content (AvgIpc) is 2.20. The van der Waals surface area contributed by atoms with Gasteiger partial charge >= 0.3 is 0 Å². The molecule has 0 aromatic heterocycles. The molecule has 0 saturated heterocycles. The van der Waals surface area contributed by atoms with Crippen molar-refractivity contribution in [2.75, 3.05) is 11.4 Å². The Bertz CT molecular complexity index is 324. The molecule has 0 saturated carbocycles. The van der Waals surface area contributed by atoms with Crippen molar-refractivity contribution in [3.8, 4) is 0 Å². The zero-order valence-electron chi connectivity index (χ0n) is 7.61. The minimum atomic E-state index is 0.947. The van der Waals surface area contributed by atoms with Gasteiger partial charge in [-0.1, -0.05) is 36.9 Å². The van der Waals surface area contributed by atoms with E-state index in [9.17, 15) is 0 Å². The van der Waals surface area contributed by atoms with Gasteiger partial charge in [-0.2, -0.15) is 0 Å². The molecule has 13 heavy (non-hydrogen) atoms. The van der Waals surface area contributed by atoms with E-state index in [1.165, 1.54) is 11.4 Å². The highest BCUT2D eigenvalue weighted by molar-refractivity contribution is 5.53. The summed E-state index contributed by atoms with van der Waals surface area (Å²) >= 11 is 0. The van der Waals surface area contributed by atoms with Gasteiger partial charge < -0.3 is 4.90 Å². The Balaban J connectivity index is 2.26. The summed E-state index contributed by atoms with van der Waals surface area (Å²) in [7, 11) is 0. The molecule has 1 aromatic carbocycles. The number of allylic oxidation sites excluding steroid dienone is 1. The maximum atomic E-state index is 4.05. The first-order valence-corrected chi connectivity index (χ1v) is 4.53. The van der Waals surface area contributed by atoms with Gasteiger partial charge in [-0.3, -0.25) is 0 Å². The monoisotopic (exact) mass is 171 g/mol. The maximum Gasteiger partial charge on any atom is 0.0411 e. The molecule has 0 amide bonds. The number of hydrogen-bond donors (Lipinski definition) is 0. The molecule has 1 nitrogen and oxygen atoms in total. The van der Waals surface area contributed by atoms with Gasteiger partial charge in [-0.05, 0) is 12.1 Å². The van der Waals surface area contributed by atoms with Crippen LogP contribution in [0, 0.1) is 0 Å². The lowest BCUT2D eigenvalue weighted by Gasteiger charge is -2.27. The fourth-order valence-electron chi connectivity index (χ4n) is 1.53. The quantitative estimate of drug-likeness (QED) is 0.587. The lowest BCUT2D eigenvalue weighted by atomic mass is 10.2. The molecule has 0 spiro atoms. The van der Waals surface area contributed by atoms with Gasteiger partial charge in [0.05, 0.1) is 0 Å². The van der Waals surface area contributed by atoms with E-state index < -0.39 is 0 Å². The Morgan fingerprint density at radius 3 is 2.54 bits per heavy atom. The molecule has 0 bridgehead atoms. The average molecular weight is 171 g/mol. The van der Waals surface area contributed by atoms with Crippen molar-refractivity contribution in [3.05, 3.63) is 54.8 Å². The van der Waals surface area contributed by atoms with Gasteiger partial charge in [0.2, 0.25) is 0 Å². The Kier molecular flexibility index (Phi) is 2.17. The number of para-hydroxylation sites is 1. The van der Waals surface area contributed by atoms with E-state index in [0.717, 1.165) is 13.0 Å². The van der Waals surface area contributed by atoms with Crippen LogP contribution in [0.1, 0.15) is 6.42 Å². The lowest BCUT2D eigenvalue weighted by molar-refractivity contribution is 0.935. The van der Waals surface area contributed by atoms with Crippen LogP contribution in [0.15, 0.2) is 54.8 Å². The second-order valence-electron chi connectivity index (χ2n) is 3.19. The highest BCUT2D eigenvalue weighted by Gasteiger charge is 2.09. The van der Waals surface area contributed by atoms with Gasteiger partial charge in [0.25, 0.3) is 0 Å². The number of nitrogens with zero attached hydrogens (tertiary/aromatic N) is 1. The van der Waals surface area contributed by atoms with Crippen LogP contribution in [0.25, 0.3) is 0 Å². The molecule has 2 rings (SSSR count). The molecule has 1 heterocycles. The van der Waals surface area contributed by atoms with Crippen molar-refractivity contribution in [1.82, 2.24) is 0 Å². The first-order valence-electron chi connectivity index (χ1n) is 4.53. The van der Waals surface area contributed by atoms with Gasteiger partial charge in [0.1, 0.15) is 0 Å². The molecular weight excluding hydrogens is 158 g/mol. The highest BCUT2D eigenvalue weighted by Crippen LogP contribution is 2.22. The van der Waals surface area contributed by atoms with E-state index in [1.54, 1.807) is 0 Å². The highest BCUT2D eigenvalue weighted by atomic mass is 15.1. The molecule has 66 valence electrons. The second kappa shape index (κ2) is 3.48. The number of rotatable bonds is 1. The predicted octanol–water partition coefficient (Wildman–Crippen LogP) is 2.97. The number of anilines is 1. The van der Waals surface area contributed by atoms with Crippen LogP contribution >= 0.6 is 0 Å². The summed E-state index contributed by atoms with van der Waals surface area (Å²) < 4.78 is 0. The third-order valence-electron chi connectivity index (χ3n) is 2.26.